The highest BCUT2D eigenvalue weighted by Gasteiger charge is 2.41. The van der Waals surface area contributed by atoms with Gasteiger partial charge in [-0.3, -0.25) is 4.90 Å². The van der Waals surface area contributed by atoms with Crippen LogP contribution >= 0.6 is 12.4 Å². The van der Waals surface area contributed by atoms with Crippen molar-refractivity contribution in [2.75, 3.05) is 48.5 Å². The number of nitrogens with zero attached hydrogens (tertiary/aromatic N) is 2. The summed E-state index contributed by atoms with van der Waals surface area (Å²) in [4.78, 5) is 2.38. The fraction of sp³-hybridized carbons (Fsp3) is 0.351. The van der Waals surface area contributed by atoms with Gasteiger partial charge in [0.2, 0.25) is 5.75 Å². The topological polar surface area (TPSA) is 396 Å². The normalized spacial score (nSPS) is 15.9. The monoisotopic (exact) mass is 860 g/mol. The van der Waals surface area contributed by atoms with Crippen molar-refractivity contribution in [3.05, 3.63) is 94.0 Å². The fourth-order valence-electron chi connectivity index (χ4n) is 7.27. The predicted octanol–water partition coefficient (Wildman–Crippen LogP) is -4.12. The van der Waals surface area contributed by atoms with Gasteiger partial charge in [0.1, 0.15) is 11.8 Å². The first-order valence-electron chi connectivity index (χ1n) is 15.6. The number of ether oxygens (including phenoxy) is 4. The molecule has 0 amide bonds. The van der Waals surface area contributed by atoms with Gasteiger partial charge in [-0.2, -0.15) is 0 Å². The molecule has 0 fully saturated rings. The third-order valence-electron chi connectivity index (χ3n) is 9.99. The van der Waals surface area contributed by atoms with Crippen molar-refractivity contribution in [3.8, 4) is 46.0 Å². The molecular weight excluding hydrogens is 799 g/mol. The second-order valence-electron chi connectivity index (χ2n) is 13.1. The molecule has 6 bridgehead atoms. The van der Waals surface area contributed by atoms with Crippen molar-refractivity contribution in [1.82, 2.24) is 4.90 Å². The number of likely N-dealkylation sites (N-methyl/N-ethyl adjacent to an activating group) is 2. The maximum atomic E-state index is 11.5. The van der Waals surface area contributed by atoms with Crippen LogP contribution in [0.25, 0.3) is 0 Å². The lowest BCUT2D eigenvalue weighted by Crippen LogP contribution is -3.00. The Labute approximate surface area is 343 Å². The molecule has 0 radical (unpaired) electrons. The van der Waals surface area contributed by atoms with E-state index in [9.17, 15) is 10.2 Å². The Balaban J connectivity index is -0.000000542. The van der Waals surface area contributed by atoms with E-state index in [1.54, 1.807) is 20.3 Å². The minimum atomic E-state index is -0.0503. The second-order valence-corrected chi connectivity index (χ2v) is 13.1. The highest BCUT2D eigenvalue weighted by atomic mass is 35.5. The van der Waals surface area contributed by atoms with E-state index in [0.717, 1.165) is 49.0 Å². The predicted molar refractivity (Wildman–Crippen MR) is 216 cm³/mol. The molecule has 4 aliphatic heterocycles. The van der Waals surface area contributed by atoms with E-state index >= 15 is 0 Å². The van der Waals surface area contributed by atoms with Crippen LogP contribution in [0.1, 0.15) is 45.5 Å². The molecule has 0 aromatic heterocycles. The first-order valence-corrected chi connectivity index (χ1v) is 15.6. The van der Waals surface area contributed by atoms with Crippen molar-refractivity contribution in [3.63, 3.8) is 0 Å². The summed E-state index contributed by atoms with van der Waals surface area (Å²) < 4.78 is 25.2. The summed E-state index contributed by atoms with van der Waals surface area (Å²) >= 11 is 0. The molecule has 4 heterocycles. The summed E-state index contributed by atoms with van der Waals surface area (Å²) in [5, 5.41) is 22.4. The van der Waals surface area contributed by atoms with E-state index in [4.69, 9.17) is 18.9 Å². The molecule has 4 aromatic carbocycles. The Bertz CT molecular complexity index is 1800. The third-order valence-corrected chi connectivity index (χ3v) is 9.99. The maximum Gasteiger partial charge on any atom is 0.201 e. The Morgan fingerprint density at radius 3 is 1.86 bits per heavy atom. The van der Waals surface area contributed by atoms with Gasteiger partial charge in [-0.25, -0.2) is 0 Å². The number of benzene rings is 4. The third kappa shape index (κ3) is 11.9. The molecule has 22 N–H and O–H groups in total. The largest absolute Gasteiger partial charge is 1.00 e. The van der Waals surface area contributed by atoms with Crippen LogP contribution in [0.3, 0.4) is 0 Å². The number of halogens is 2. The van der Waals surface area contributed by atoms with Crippen molar-refractivity contribution in [1.29, 1.82) is 0 Å². The van der Waals surface area contributed by atoms with Gasteiger partial charge in [0, 0.05) is 25.4 Å². The lowest BCUT2D eigenvalue weighted by molar-refractivity contribution is -0.923. The first kappa shape index (κ1) is 64.7. The van der Waals surface area contributed by atoms with Crippen LogP contribution in [-0.4, -0.2) is 123 Å². The Hall–Kier alpha value is -4.22. The molecular formula is C37H62Cl2N2O16. The molecule has 0 aliphatic carbocycles. The van der Waals surface area contributed by atoms with Crippen LogP contribution in [0.2, 0.25) is 0 Å². The fourth-order valence-corrected chi connectivity index (χ4v) is 7.27. The van der Waals surface area contributed by atoms with Gasteiger partial charge in [-0.05, 0) is 90.2 Å². The molecule has 0 saturated carbocycles. The zero-order valence-corrected chi connectivity index (χ0v) is 34.0. The summed E-state index contributed by atoms with van der Waals surface area (Å²) in [7, 11) is 9.80. The molecule has 0 saturated heterocycles. The minimum Gasteiger partial charge on any atom is -1.00 e. The van der Waals surface area contributed by atoms with Crippen LogP contribution in [0, 0.1) is 0 Å². The van der Waals surface area contributed by atoms with Crippen molar-refractivity contribution < 1.29 is 101 Å². The van der Waals surface area contributed by atoms with Crippen LogP contribution in [0.5, 0.6) is 46.0 Å². The number of fused-ring (bicyclic) bond motifs is 2. The Morgan fingerprint density at radius 1 is 0.684 bits per heavy atom. The number of methoxy groups -OCH3 is 2. The van der Waals surface area contributed by atoms with Gasteiger partial charge in [-0.15, -0.1) is 12.4 Å². The lowest BCUT2D eigenvalue weighted by Gasteiger charge is -2.43. The summed E-state index contributed by atoms with van der Waals surface area (Å²) in [6.45, 7) is 1.84. The standard InChI is InChI=1S/C37H40N2O6.2ClH.10H2O/c1-38-14-12-24-19-32(42-4)33-21-27(24)28(38)16-22-6-9-26(10-7-22)44-37-35-25(20-34(43-5)36(37)41)13-15-39(2,3)29(35)17-23-8-11-30(40)31(18-23)45-33;;;;;;;;;;;;/h6-11,18-21,28-29H,12-17H2,1-5H3,(H-,40,41);2*1H;10*1H2/t28-,29+;;;;;;;;;;;;/m0............/s1. The summed E-state index contributed by atoms with van der Waals surface area (Å²) in [6.07, 6.45) is 3.16. The molecule has 20 heteroatoms. The van der Waals surface area contributed by atoms with E-state index in [1.165, 1.54) is 16.7 Å². The van der Waals surface area contributed by atoms with Crippen molar-refractivity contribution >= 4 is 12.4 Å². The number of quaternary nitrogens is 1. The Kier molecular flexibility index (Phi) is 28.6. The SMILES string of the molecule is COc1cc2c3cc1Oc1cc(ccc1O)C[C@@H]1c4c(cc(OC)c(O)c4Oc4ccc(cc4)C[C@@H]3N(C)CC2)CC[N+]1(C)C.Cl.O.O.O.O.O.O.O.O.O.O.[Cl-]. The number of phenolic OH excluding ortho intramolecular Hbond substituents is 2. The lowest BCUT2D eigenvalue weighted by atomic mass is 9.86. The Morgan fingerprint density at radius 2 is 1.26 bits per heavy atom. The summed E-state index contributed by atoms with van der Waals surface area (Å²) in [5.74, 6) is 3.14. The number of rotatable bonds is 2. The number of phenols is 2. The van der Waals surface area contributed by atoms with E-state index < -0.39 is 0 Å². The van der Waals surface area contributed by atoms with Gasteiger partial charge in [0.05, 0.1) is 40.4 Å². The van der Waals surface area contributed by atoms with Crippen LogP contribution in [0.15, 0.2) is 60.7 Å². The van der Waals surface area contributed by atoms with E-state index in [1.807, 2.05) is 30.3 Å². The van der Waals surface area contributed by atoms with Gasteiger partial charge in [0.15, 0.2) is 34.5 Å². The number of hydrogen-bond donors (Lipinski definition) is 2. The molecule has 330 valence electrons. The molecule has 0 spiro atoms. The average Bonchev–Trinajstić information content (AvgIpc) is 3.03. The van der Waals surface area contributed by atoms with Gasteiger partial charge in [-0.1, -0.05) is 18.2 Å². The van der Waals surface area contributed by atoms with E-state index in [-0.39, 0.29) is 103 Å². The summed E-state index contributed by atoms with van der Waals surface area (Å²) in [6, 6.07) is 19.9. The first-order chi connectivity index (χ1) is 21.6. The summed E-state index contributed by atoms with van der Waals surface area (Å²) in [5.41, 5.74) is 6.66. The molecule has 57 heavy (non-hydrogen) atoms. The molecule has 18 nitrogen and oxygen atoms in total. The van der Waals surface area contributed by atoms with Crippen LogP contribution in [-0.2, 0) is 25.7 Å². The van der Waals surface area contributed by atoms with Crippen molar-refractivity contribution in [2.45, 2.75) is 37.8 Å². The minimum absolute atomic E-state index is 0. The van der Waals surface area contributed by atoms with E-state index in [2.05, 4.69) is 50.3 Å². The zero-order chi connectivity index (χ0) is 31.5. The van der Waals surface area contributed by atoms with Crippen LogP contribution in [0.4, 0.5) is 0 Å². The average molecular weight is 862 g/mol. The van der Waals surface area contributed by atoms with Gasteiger partial charge >= 0.3 is 0 Å². The molecule has 8 rings (SSSR count). The van der Waals surface area contributed by atoms with Crippen molar-refractivity contribution in [2.24, 2.45) is 0 Å². The number of aromatic hydroxyl groups is 2. The highest BCUT2D eigenvalue weighted by Crippen LogP contribution is 2.51. The van der Waals surface area contributed by atoms with Gasteiger partial charge < -0.3 is 101 Å². The smallest absolute Gasteiger partial charge is 0.201 e. The highest BCUT2D eigenvalue weighted by molar-refractivity contribution is 5.85. The molecule has 4 aromatic rings. The zero-order valence-electron chi connectivity index (χ0n) is 32.4. The van der Waals surface area contributed by atoms with Crippen LogP contribution < -0.4 is 31.4 Å². The molecule has 2 atom stereocenters. The second kappa shape index (κ2) is 25.2. The van der Waals surface area contributed by atoms with Gasteiger partial charge in [0.25, 0.3) is 0 Å². The quantitative estimate of drug-likeness (QED) is 0.187. The molecule has 4 aliphatic rings. The van der Waals surface area contributed by atoms with E-state index in [0.29, 0.717) is 45.4 Å². The molecule has 0 unspecified atom stereocenters. The maximum absolute atomic E-state index is 11.5. The number of hydrogen-bond acceptors (Lipinski definition) is 7.